The van der Waals surface area contributed by atoms with Crippen LogP contribution in [0.25, 0.3) is 0 Å². The van der Waals surface area contributed by atoms with E-state index in [1.165, 1.54) is 0 Å². The fourth-order valence-electron chi connectivity index (χ4n) is 0.827. The highest BCUT2D eigenvalue weighted by atomic mass is 19.3. The predicted octanol–water partition coefficient (Wildman–Crippen LogP) is 1.11. The molecule has 78 valence electrons. The van der Waals surface area contributed by atoms with Crippen molar-refractivity contribution in [3.8, 4) is 5.88 Å². The van der Waals surface area contributed by atoms with Crippen LogP contribution in [0, 0.1) is 6.92 Å². The molecular weight excluding hydrogens is 194 g/mol. The standard InChI is InChI=1S/C8H10F2N2O2/c1-5-11-6(13)3-7(12-5)14-4-8(2,9)10/h3H,4H2,1-2H3,(H,11,12,13). The van der Waals surface area contributed by atoms with Crippen LogP contribution in [0.15, 0.2) is 10.9 Å². The van der Waals surface area contributed by atoms with E-state index in [-0.39, 0.29) is 5.88 Å². The summed E-state index contributed by atoms with van der Waals surface area (Å²) < 4.78 is 29.4. The van der Waals surface area contributed by atoms with Crippen LogP contribution >= 0.6 is 0 Å². The first-order chi connectivity index (χ1) is 6.37. The molecular formula is C8H10F2N2O2. The van der Waals surface area contributed by atoms with Gasteiger partial charge in [0.1, 0.15) is 5.82 Å². The minimum Gasteiger partial charge on any atom is -0.471 e. The van der Waals surface area contributed by atoms with Gasteiger partial charge < -0.3 is 9.72 Å². The van der Waals surface area contributed by atoms with Crippen molar-refractivity contribution in [3.05, 3.63) is 22.2 Å². The lowest BCUT2D eigenvalue weighted by molar-refractivity contribution is -0.0243. The van der Waals surface area contributed by atoms with Crippen molar-refractivity contribution in [2.75, 3.05) is 6.61 Å². The molecule has 0 radical (unpaired) electrons. The zero-order valence-corrected chi connectivity index (χ0v) is 7.80. The van der Waals surface area contributed by atoms with E-state index < -0.39 is 18.1 Å². The van der Waals surface area contributed by atoms with E-state index in [2.05, 4.69) is 14.7 Å². The molecule has 0 spiro atoms. The van der Waals surface area contributed by atoms with E-state index in [4.69, 9.17) is 0 Å². The highest BCUT2D eigenvalue weighted by Gasteiger charge is 2.22. The number of hydrogen-bond donors (Lipinski definition) is 1. The van der Waals surface area contributed by atoms with Gasteiger partial charge in [0, 0.05) is 6.92 Å². The number of alkyl halides is 2. The number of nitrogens with zero attached hydrogens (tertiary/aromatic N) is 1. The summed E-state index contributed by atoms with van der Waals surface area (Å²) in [5.41, 5.74) is -0.424. The molecule has 0 bridgehead atoms. The van der Waals surface area contributed by atoms with Crippen LogP contribution < -0.4 is 10.3 Å². The highest BCUT2D eigenvalue weighted by molar-refractivity contribution is 5.08. The maximum atomic E-state index is 12.4. The summed E-state index contributed by atoms with van der Waals surface area (Å²) in [6, 6.07) is 1.03. The van der Waals surface area contributed by atoms with Crippen molar-refractivity contribution in [2.24, 2.45) is 0 Å². The van der Waals surface area contributed by atoms with E-state index in [1.54, 1.807) is 6.92 Å². The minimum atomic E-state index is -2.93. The van der Waals surface area contributed by atoms with E-state index in [0.29, 0.717) is 5.82 Å². The normalized spacial score (nSPS) is 11.4. The van der Waals surface area contributed by atoms with Crippen LogP contribution in [0.1, 0.15) is 12.7 Å². The van der Waals surface area contributed by atoms with Crippen LogP contribution in [0.5, 0.6) is 5.88 Å². The molecule has 4 nitrogen and oxygen atoms in total. The monoisotopic (exact) mass is 204 g/mol. The van der Waals surface area contributed by atoms with Gasteiger partial charge in [-0.25, -0.2) is 13.8 Å². The molecule has 0 aromatic carbocycles. The third-order valence-corrected chi connectivity index (χ3v) is 1.31. The predicted molar refractivity (Wildman–Crippen MR) is 45.7 cm³/mol. The van der Waals surface area contributed by atoms with Gasteiger partial charge in [0.15, 0.2) is 6.61 Å². The number of aryl methyl sites for hydroxylation is 1. The van der Waals surface area contributed by atoms with Crippen molar-refractivity contribution in [3.63, 3.8) is 0 Å². The first kappa shape index (κ1) is 10.6. The van der Waals surface area contributed by atoms with Gasteiger partial charge in [-0.15, -0.1) is 0 Å². The second-order valence-corrected chi connectivity index (χ2v) is 3.03. The van der Waals surface area contributed by atoms with Gasteiger partial charge in [0.2, 0.25) is 5.88 Å². The molecule has 0 atom stereocenters. The molecule has 1 aromatic heterocycles. The Labute approximate surface area is 78.9 Å². The van der Waals surface area contributed by atoms with Crippen molar-refractivity contribution in [2.45, 2.75) is 19.8 Å². The molecule has 0 unspecified atom stereocenters. The minimum absolute atomic E-state index is 0.0900. The topological polar surface area (TPSA) is 55.0 Å². The second kappa shape index (κ2) is 3.73. The average Bonchev–Trinajstić information content (AvgIpc) is 1.97. The van der Waals surface area contributed by atoms with E-state index in [9.17, 15) is 13.6 Å². The Morgan fingerprint density at radius 2 is 2.29 bits per heavy atom. The number of nitrogens with one attached hydrogen (secondary N) is 1. The van der Waals surface area contributed by atoms with Gasteiger partial charge in [0.05, 0.1) is 6.07 Å². The van der Waals surface area contributed by atoms with Crippen molar-refractivity contribution >= 4 is 0 Å². The van der Waals surface area contributed by atoms with Gasteiger partial charge in [-0.1, -0.05) is 0 Å². The summed E-state index contributed by atoms with van der Waals surface area (Å²) in [5, 5.41) is 0. The third-order valence-electron chi connectivity index (χ3n) is 1.31. The Hall–Kier alpha value is -1.46. The van der Waals surface area contributed by atoms with E-state index in [1.807, 2.05) is 0 Å². The summed E-state index contributed by atoms with van der Waals surface area (Å²) >= 11 is 0. The number of rotatable bonds is 3. The maximum absolute atomic E-state index is 12.4. The molecule has 1 aromatic rings. The smallest absolute Gasteiger partial charge is 0.278 e. The SMILES string of the molecule is Cc1nc(OCC(C)(F)F)cc(=O)[nH]1. The van der Waals surface area contributed by atoms with Crippen LogP contribution in [-0.4, -0.2) is 22.5 Å². The number of aromatic amines is 1. The Morgan fingerprint density at radius 1 is 1.64 bits per heavy atom. The average molecular weight is 204 g/mol. The summed E-state index contributed by atoms with van der Waals surface area (Å²) in [4.78, 5) is 17.0. The van der Waals surface area contributed by atoms with Gasteiger partial charge in [0.25, 0.3) is 11.5 Å². The lowest BCUT2D eigenvalue weighted by Gasteiger charge is -2.10. The molecule has 1 rings (SSSR count). The second-order valence-electron chi connectivity index (χ2n) is 3.03. The zero-order valence-electron chi connectivity index (χ0n) is 7.80. The Bertz CT molecular complexity index is 370. The summed E-state index contributed by atoms with van der Waals surface area (Å²) in [7, 11) is 0. The van der Waals surface area contributed by atoms with Crippen LogP contribution in [0.2, 0.25) is 0 Å². The third kappa shape index (κ3) is 3.51. The molecule has 0 fully saturated rings. The number of ether oxygens (including phenoxy) is 1. The summed E-state index contributed by atoms with van der Waals surface area (Å²) in [5.74, 6) is -2.70. The fraction of sp³-hybridized carbons (Fsp3) is 0.500. The molecule has 1 N–H and O–H groups in total. The molecule has 6 heteroatoms. The lowest BCUT2D eigenvalue weighted by Crippen LogP contribution is -2.22. The van der Waals surface area contributed by atoms with Crippen molar-refractivity contribution in [1.29, 1.82) is 0 Å². The molecule has 0 saturated carbocycles. The molecule has 0 amide bonds. The quantitative estimate of drug-likeness (QED) is 0.802. The van der Waals surface area contributed by atoms with Gasteiger partial charge >= 0.3 is 0 Å². The summed E-state index contributed by atoms with van der Waals surface area (Å²) in [6.07, 6.45) is 0. The number of aromatic nitrogens is 2. The van der Waals surface area contributed by atoms with Crippen molar-refractivity contribution < 1.29 is 13.5 Å². The largest absolute Gasteiger partial charge is 0.471 e. The fourth-order valence-corrected chi connectivity index (χ4v) is 0.827. The molecule has 14 heavy (non-hydrogen) atoms. The van der Waals surface area contributed by atoms with Gasteiger partial charge in [-0.3, -0.25) is 4.79 Å². The number of H-pyrrole nitrogens is 1. The molecule has 0 saturated heterocycles. The Kier molecular flexibility index (Phi) is 2.83. The van der Waals surface area contributed by atoms with E-state index in [0.717, 1.165) is 13.0 Å². The van der Waals surface area contributed by atoms with Gasteiger partial charge in [-0.05, 0) is 6.92 Å². The van der Waals surface area contributed by atoms with Crippen LogP contribution in [0.3, 0.4) is 0 Å². The maximum Gasteiger partial charge on any atom is 0.278 e. The van der Waals surface area contributed by atoms with Crippen molar-refractivity contribution in [1.82, 2.24) is 9.97 Å². The number of halogens is 2. The first-order valence-corrected chi connectivity index (χ1v) is 3.95. The molecule has 0 aliphatic heterocycles. The lowest BCUT2D eigenvalue weighted by atomic mass is 10.4. The molecule has 0 aliphatic carbocycles. The van der Waals surface area contributed by atoms with Crippen LogP contribution in [-0.2, 0) is 0 Å². The Morgan fingerprint density at radius 3 is 2.79 bits per heavy atom. The highest BCUT2D eigenvalue weighted by Crippen LogP contribution is 2.13. The Balaban J connectivity index is 2.73. The molecule has 1 heterocycles. The van der Waals surface area contributed by atoms with Crippen LogP contribution in [0.4, 0.5) is 8.78 Å². The zero-order chi connectivity index (χ0) is 10.8. The van der Waals surface area contributed by atoms with Gasteiger partial charge in [-0.2, -0.15) is 0 Å². The first-order valence-electron chi connectivity index (χ1n) is 3.95. The van der Waals surface area contributed by atoms with E-state index >= 15 is 0 Å². The summed E-state index contributed by atoms with van der Waals surface area (Å²) in [6.45, 7) is 1.48. The molecule has 0 aliphatic rings. The number of hydrogen-bond acceptors (Lipinski definition) is 3.